The number of aryl methyl sites for hydroxylation is 1. The van der Waals surface area contributed by atoms with Crippen molar-refractivity contribution in [1.29, 1.82) is 0 Å². The van der Waals surface area contributed by atoms with E-state index in [9.17, 15) is 8.42 Å². The third-order valence-corrected chi connectivity index (χ3v) is 4.61. The first-order valence-corrected chi connectivity index (χ1v) is 8.04. The van der Waals surface area contributed by atoms with Crippen LogP contribution < -0.4 is 9.88 Å². The van der Waals surface area contributed by atoms with Crippen molar-refractivity contribution in [3.8, 4) is 5.75 Å². The van der Waals surface area contributed by atoms with Crippen LogP contribution in [0.2, 0.25) is 0 Å². The quantitative estimate of drug-likeness (QED) is 0.869. The van der Waals surface area contributed by atoms with Crippen molar-refractivity contribution < 1.29 is 13.2 Å². The van der Waals surface area contributed by atoms with E-state index in [0.717, 1.165) is 17.9 Å². The number of rotatable bonds is 4. The molecule has 112 valence electrons. The third-order valence-electron chi connectivity index (χ3n) is 3.52. The SMILES string of the molecule is COc1ccc(C)cc1CN1CCN(S(N)(=O)=O)CC1. The van der Waals surface area contributed by atoms with E-state index < -0.39 is 10.2 Å². The molecular weight excluding hydrogens is 278 g/mol. The maximum absolute atomic E-state index is 11.3. The fourth-order valence-electron chi connectivity index (χ4n) is 2.41. The van der Waals surface area contributed by atoms with Crippen LogP contribution in [0.5, 0.6) is 5.75 Å². The number of benzene rings is 1. The molecule has 2 N–H and O–H groups in total. The van der Waals surface area contributed by atoms with Crippen molar-refractivity contribution in [1.82, 2.24) is 9.21 Å². The Morgan fingerprint density at radius 2 is 1.90 bits per heavy atom. The molecule has 1 aromatic carbocycles. The Morgan fingerprint density at radius 3 is 2.45 bits per heavy atom. The topological polar surface area (TPSA) is 75.9 Å². The number of hydrogen-bond acceptors (Lipinski definition) is 4. The predicted octanol–water partition coefficient (Wildman–Crippen LogP) is 0.325. The number of nitrogens with zero attached hydrogens (tertiary/aromatic N) is 2. The highest BCUT2D eigenvalue weighted by atomic mass is 32.2. The average molecular weight is 299 g/mol. The zero-order valence-corrected chi connectivity index (χ0v) is 12.7. The maximum atomic E-state index is 11.3. The number of hydrogen-bond donors (Lipinski definition) is 1. The van der Waals surface area contributed by atoms with Crippen molar-refractivity contribution in [3.05, 3.63) is 29.3 Å². The van der Waals surface area contributed by atoms with Crippen LogP contribution in [0.3, 0.4) is 0 Å². The Kier molecular flexibility index (Phi) is 4.64. The Bertz CT molecular complexity index is 566. The highest BCUT2D eigenvalue weighted by Crippen LogP contribution is 2.22. The summed E-state index contributed by atoms with van der Waals surface area (Å²) in [5.41, 5.74) is 2.31. The molecule has 1 aromatic rings. The van der Waals surface area contributed by atoms with Crippen LogP contribution in [0, 0.1) is 6.92 Å². The number of nitrogens with two attached hydrogens (primary N) is 1. The summed E-state index contributed by atoms with van der Waals surface area (Å²) in [6, 6.07) is 6.08. The third kappa shape index (κ3) is 3.69. The number of ether oxygens (including phenoxy) is 1. The molecule has 0 saturated carbocycles. The molecule has 1 aliphatic rings. The van der Waals surface area contributed by atoms with Gasteiger partial charge in [0.15, 0.2) is 0 Å². The highest BCUT2D eigenvalue weighted by Gasteiger charge is 2.24. The lowest BCUT2D eigenvalue weighted by Gasteiger charge is -2.33. The summed E-state index contributed by atoms with van der Waals surface area (Å²) in [7, 11) is -1.90. The lowest BCUT2D eigenvalue weighted by atomic mass is 10.1. The average Bonchev–Trinajstić information content (AvgIpc) is 2.38. The summed E-state index contributed by atoms with van der Waals surface area (Å²) in [5, 5.41) is 5.13. The van der Waals surface area contributed by atoms with Gasteiger partial charge in [0.1, 0.15) is 5.75 Å². The summed E-state index contributed by atoms with van der Waals surface area (Å²) in [5.74, 6) is 0.865. The summed E-state index contributed by atoms with van der Waals surface area (Å²) in [6.07, 6.45) is 0. The Hall–Kier alpha value is -1.15. The number of piperazine rings is 1. The highest BCUT2D eigenvalue weighted by molar-refractivity contribution is 7.86. The van der Waals surface area contributed by atoms with E-state index >= 15 is 0 Å². The van der Waals surface area contributed by atoms with Crippen molar-refractivity contribution in [2.24, 2.45) is 5.14 Å². The van der Waals surface area contributed by atoms with Crippen LogP contribution >= 0.6 is 0 Å². The molecule has 1 fully saturated rings. The fraction of sp³-hybridized carbons (Fsp3) is 0.538. The monoisotopic (exact) mass is 299 g/mol. The first-order chi connectivity index (χ1) is 9.40. The lowest BCUT2D eigenvalue weighted by Crippen LogP contribution is -2.50. The van der Waals surface area contributed by atoms with Gasteiger partial charge in [0.2, 0.25) is 0 Å². The minimum atomic E-state index is -3.56. The second-order valence-corrected chi connectivity index (χ2v) is 6.58. The van der Waals surface area contributed by atoms with E-state index in [1.807, 2.05) is 19.1 Å². The summed E-state index contributed by atoms with van der Waals surface area (Å²) in [6.45, 7) is 5.02. The van der Waals surface area contributed by atoms with Crippen molar-refractivity contribution in [3.63, 3.8) is 0 Å². The van der Waals surface area contributed by atoms with Gasteiger partial charge in [0, 0.05) is 38.3 Å². The predicted molar refractivity (Wildman–Crippen MR) is 77.7 cm³/mol. The van der Waals surface area contributed by atoms with Gasteiger partial charge in [-0.1, -0.05) is 17.7 Å². The van der Waals surface area contributed by atoms with Crippen LogP contribution in [0.25, 0.3) is 0 Å². The molecule has 0 spiro atoms. The van der Waals surface area contributed by atoms with Crippen molar-refractivity contribution >= 4 is 10.2 Å². The van der Waals surface area contributed by atoms with E-state index in [1.165, 1.54) is 9.87 Å². The van der Waals surface area contributed by atoms with Gasteiger partial charge in [0.25, 0.3) is 10.2 Å². The molecule has 20 heavy (non-hydrogen) atoms. The largest absolute Gasteiger partial charge is 0.496 e. The smallest absolute Gasteiger partial charge is 0.276 e. The minimum Gasteiger partial charge on any atom is -0.496 e. The normalized spacial score (nSPS) is 18.1. The second-order valence-electron chi connectivity index (χ2n) is 5.04. The van der Waals surface area contributed by atoms with E-state index in [0.29, 0.717) is 26.2 Å². The molecule has 0 bridgehead atoms. The Labute approximate surface area is 120 Å². The molecule has 0 atom stereocenters. The Morgan fingerprint density at radius 1 is 1.25 bits per heavy atom. The molecule has 1 aliphatic heterocycles. The molecule has 0 aliphatic carbocycles. The zero-order valence-electron chi connectivity index (χ0n) is 11.9. The van der Waals surface area contributed by atoms with Crippen LogP contribution in [-0.2, 0) is 16.8 Å². The van der Waals surface area contributed by atoms with Crippen LogP contribution in [0.15, 0.2) is 18.2 Å². The lowest BCUT2D eigenvalue weighted by molar-refractivity contribution is 0.180. The maximum Gasteiger partial charge on any atom is 0.276 e. The van der Waals surface area contributed by atoms with E-state index in [1.54, 1.807) is 7.11 Å². The molecule has 0 radical (unpaired) electrons. The van der Waals surface area contributed by atoms with Crippen LogP contribution in [0.4, 0.5) is 0 Å². The summed E-state index contributed by atoms with van der Waals surface area (Å²) < 4.78 is 29.2. The summed E-state index contributed by atoms with van der Waals surface area (Å²) in [4.78, 5) is 2.21. The van der Waals surface area contributed by atoms with Gasteiger partial charge in [-0.2, -0.15) is 12.7 Å². The standard InChI is InChI=1S/C13H21N3O3S/c1-11-3-4-13(19-2)12(9-11)10-15-5-7-16(8-6-15)20(14,17)18/h3-4,9H,5-8,10H2,1-2H3,(H2,14,17,18). The molecule has 1 saturated heterocycles. The first-order valence-electron chi connectivity index (χ1n) is 6.54. The van der Waals surface area contributed by atoms with Gasteiger partial charge in [-0.05, 0) is 13.0 Å². The molecule has 0 aromatic heterocycles. The molecule has 1 heterocycles. The molecule has 0 unspecified atom stereocenters. The Balaban J connectivity index is 2.01. The van der Waals surface area contributed by atoms with E-state index in [-0.39, 0.29) is 0 Å². The second kappa shape index (κ2) is 6.09. The molecule has 7 heteroatoms. The van der Waals surface area contributed by atoms with Crippen molar-refractivity contribution in [2.45, 2.75) is 13.5 Å². The molecule has 6 nitrogen and oxygen atoms in total. The van der Waals surface area contributed by atoms with Gasteiger partial charge >= 0.3 is 0 Å². The van der Waals surface area contributed by atoms with Gasteiger partial charge in [-0.3, -0.25) is 4.90 Å². The van der Waals surface area contributed by atoms with Crippen LogP contribution in [0.1, 0.15) is 11.1 Å². The van der Waals surface area contributed by atoms with Gasteiger partial charge in [-0.15, -0.1) is 0 Å². The fourth-order valence-corrected chi connectivity index (χ4v) is 3.09. The molecule has 0 amide bonds. The van der Waals surface area contributed by atoms with Gasteiger partial charge in [-0.25, -0.2) is 5.14 Å². The van der Waals surface area contributed by atoms with Crippen LogP contribution in [-0.4, -0.2) is 50.9 Å². The molecule has 2 rings (SSSR count). The van der Waals surface area contributed by atoms with E-state index in [2.05, 4.69) is 11.0 Å². The molecular formula is C13H21N3O3S. The van der Waals surface area contributed by atoms with Gasteiger partial charge < -0.3 is 4.74 Å². The van der Waals surface area contributed by atoms with Gasteiger partial charge in [0.05, 0.1) is 7.11 Å². The first kappa shape index (κ1) is 15.2. The minimum absolute atomic E-state index is 0.437. The van der Waals surface area contributed by atoms with Crippen molar-refractivity contribution in [2.75, 3.05) is 33.3 Å². The summed E-state index contributed by atoms with van der Waals surface area (Å²) >= 11 is 0. The number of methoxy groups -OCH3 is 1. The van der Waals surface area contributed by atoms with E-state index in [4.69, 9.17) is 9.88 Å². The zero-order chi connectivity index (χ0) is 14.8.